The Balaban J connectivity index is 2.15. The van der Waals surface area contributed by atoms with Crippen molar-refractivity contribution >= 4 is 21.7 Å². The minimum absolute atomic E-state index is 0.237. The number of aryl methyl sites for hydroxylation is 1. The lowest BCUT2D eigenvalue weighted by Gasteiger charge is -2.33. The molecule has 18 heavy (non-hydrogen) atoms. The summed E-state index contributed by atoms with van der Waals surface area (Å²) in [6.07, 6.45) is 5.58. The van der Waals surface area contributed by atoms with Gasteiger partial charge in [0.05, 0.1) is 5.69 Å². The molecular weight excluding hydrogens is 297 g/mol. The molecule has 0 bridgehead atoms. The minimum atomic E-state index is -0.237. The van der Waals surface area contributed by atoms with Crippen molar-refractivity contribution in [2.45, 2.75) is 32.6 Å². The molecule has 100 valence electrons. The van der Waals surface area contributed by atoms with E-state index in [9.17, 15) is 4.39 Å². The number of halogens is 2. The van der Waals surface area contributed by atoms with Crippen LogP contribution >= 0.6 is 15.9 Å². The van der Waals surface area contributed by atoms with E-state index in [1.807, 2.05) is 6.92 Å². The van der Waals surface area contributed by atoms with Crippen LogP contribution in [0.2, 0.25) is 0 Å². The topological polar surface area (TPSA) is 29.0 Å². The fraction of sp³-hybridized carbons (Fsp3) is 0.692. The van der Waals surface area contributed by atoms with Crippen molar-refractivity contribution in [3.05, 3.63) is 17.8 Å². The van der Waals surface area contributed by atoms with E-state index >= 15 is 0 Å². The Bertz CT molecular complexity index is 398. The van der Waals surface area contributed by atoms with Gasteiger partial charge in [0.15, 0.2) is 11.6 Å². The normalized spacial score (nSPS) is 20.2. The van der Waals surface area contributed by atoms with Gasteiger partial charge in [-0.1, -0.05) is 22.9 Å². The number of anilines is 1. The SMILES string of the molecule is CCc1ncnc(N2CCCC(CCBr)C2)c1F. The molecule has 2 rings (SSSR count). The van der Waals surface area contributed by atoms with Crippen LogP contribution in [0, 0.1) is 11.7 Å². The molecule has 5 heteroatoms. The summed E-state index contributed by atoms with van der Waals surface area (Å²) in [5, 5.41) is 1.01. The Morgan fingerprint density at radius 3 is 3.06 bits per heavy atom. The van der Waals surface area contributed by atoms with Crippen LogP contribution < -0.4 is 4.90 Å². The summed E-state index contributed by atoms with van der Waals surface area (Å²) in [7, 11) is 0. The zero-order valence-electron chi connectivity index (χ0n) is 10.7. The molecule has 2 heterocycles. The van der Waals surface area contributed by atoms with E-state index in [4.69, 9.17) is 0 Å². The molecule has 0 aliphatic carbocycles. The van der Waals surface area contributed by atoms with E-state index in [1.165, 1.54) is 12.7 Å². The van der Waals surface area contributed by atoms with Gasteiger partial charge >= 0.3 is 0 Å². The van der Waals surface area contributed by atoms with Crippen LogP contribution in [-0.4, -0.2) is 28.4 Å². The quantitative estimate of drug-likeness (QED) is 0.799. The fourth-order valence-corrected chi connectivity index (χ4v) is 3.16. The maximum atomic E-state index is 14.2. The summed E-state index contributed by atoms with van der Waals surface area (Å²) in [5.41, 5.74) is 0.516. The summed E-state index contributed by atoms with van der Waals surface area (Å²) in [6.45, 7) is 3.72. The number of alkyl halides is 1. The van der Waals surface area contributed by atoms with Crippen molar-refractivity contribution in [1.82, 2.24) is 9.97 Å². The van der Waals surface area contributed by atoms with Crippen LogP contribution in [0.5, 0.6) is 0 Å². The number of hydrogen-bond acceptors (Lipinski definition) is 3. The first-order valence-corrected chi connectivity index (χ1v) is 7.68. The molecule has 1 aliphatic heterocycles. The zero-order valence-corrected chi connectivity index (χ0v) is 12.3. The number of nitrogens with zero attached hydrogens (tertiary/aromatic N) is 3. The number of hydrogen-bond donors (Lipinski definition) is 0. The third-order valence-corrected chi connectivity index (χ3v) is 3.97. The lowest BCUT2D eigenvalue weighted by molar-refractivity contribution is 0.401. The van der Waals surface area contributed by atoms with Gasteiger partial charge in [-0.05, 0) is 31.6 Å². The molecule has 3 nitrogen and oxygen atoms in total. The summed E-state index contributed by atoms with van der Waals surface area (Å²) in [5.74, 6) is 0.887. The van der Waals surface area contributed by atoms with E-state index in [0.717, 1.165) is 31.3 Å². The first kappa shape index (κ1) is 13.7. The highest BCUT2D eigenvalue weighted by Gasteiger charge is 2.23. The predicted octanol–water partition coefficient (Wildman–Crippen LogP) is 3.18. The maximum absolute atomic E-state index is 14.2. The highest BCUT2D eigenvalue weighted by molar-refractivity contribution is 9.09. The molecule has 0 N–H and O–H groups in total. The van der Waals surface area contributed by atoms with E-state index in [0.29, 0.717) is 23.9 Å². The molecule has 0 spiro atoms. The lowest BCUT2D eigenvalue weighted by atomic mass is 9.95. The van der Waals surface area contributed by atoms with Gasteiger partial charge < -0.3 is 4.90 Å². The molecule has 1 aliphatic rings. The zero-order chi connectivity index (χ0) is 13.0. The van der Waals surface area contributed by atoms with Gasteiger partial charge in [-0.25, -0.2) is 14.4 Å². The summed E-state index contributed by atoms with van der Waals surface area (Å²) in [4.78, 5) is 10.2. The molecule has 0 saturated carbocycles. The van der Waals surface area contributed by atoms with Gasteiger partial charge in [0.1, 0.15) is 6.33 Å². The van der Waals surface area contributed by atoms with E-state index in [2.05, 4.69) is 30.8 Å². The minimum Gasteiger partial charge on any atom is -0.354 e. The highest BCUT2D eigenvalue weighted by atomic mass is 79.9. The fourth-order valence-electron chi connectivity index (χ4n) is 2.51. The second-order valence-corrected chi connectivity index (χ2v) is 5.54. The highest BCUT2D eigenvalue weighted by Crippen LogP contribution is 2.26. The maximum Gasteiger partial charge on any atom is 0.187 e. The van der Waals surface area contributed by atoms with Crippen LogP contribution in [0.25, 0.3) is 0 Å². The van der Waals surface area contributed by atoms with Gasteiger partial charge in [-0.2, -0.15) is 0 Å². The number of rotatable bonds is 4. The third-order valence-electron chi connectivity index (χ3n) is 3.51. The lowest BCUT2D eigenvalue weighted by Crippen LogP contribution is -2.37. The van der Waals surface area contributed by atoms with Crippen molar-refractivity contribution in [1.29, 1.82) is 0 Å². The molecule has 1 aromatic rings. The van der Waals surface area contributed by atoms with Crippen molar-refractivity contribution in [3.63, 3.8) is 0 Å². The first-order chi connectivity index (χ1) is 8.76. The Kier molecular flexibility index (Phi) is 4.92. The number of aromatic nitrogens is 2. The van der Waals surface area contributed by atoms with Crippen LogP contribution in [0.1, 0.15) is 31.9 Å². The summed E-state index contributed by atoms with van der Waals surface area (Å²) >= 11 is 3.48. The molecule has 0 radical (unpaired) electrons. The molecule has 1 atom stereocenters. The third kappa shape index (κ3) is 2.99. The van der Waals surface area contributed by atoms with Gasteiger partial charge in [0.2, 0.25) is 0 Å². The van der Waals surface area contributed by atoms with Crippen molar-refractivity contribution in [2.24, 2.45) is 5.92 Å². The van der Waals surface area contributed by atoms with Crippen LogP contribution in [0.4, 0.5) is 10.2 Å². The van der Waals surface area contributed by atoms with E-state index in [1.54, 1.807) is 0 Å². The monoisotopic (exact) mass is 315 g/mol. The summed E-state index contributed by atoms with van der Waals surface area (Å²) in [6, 6.07) is 0. The van der Waals surface area contributed by atoms with Gasteiger partial charge in [0.25, 0.3) is 0 Å². The largest absolute Gasteiger partial charge is 0.354 e. The average molecular weight is 316 g/mol. The smallest absolute Gasteiger partial charge is 0.187 e. The van der Waals surface area contributed by atoms with Crippen LogP contribution in [-0.2, 0) is 6.42 Å². The second kappa shape index (κ2) is 6.45. The van der Waals surface area contributed by atoms with E-state index in [-0.39, 0.29) is 5.82 Å². The first-order valence-electron chi connectivity index (χ1n) is 6.56. The van der Waals surface area contributed by atoms with Crippen molar-refractivity contribution in [3.8, 4) is 0 Å². The summed E-state index contributed by atoms with van der Waals surface area (Å²) < 4.78 is 14.2. The molecular formula is C13H19BrFN3. The predicted molar refractivity (Wildman–Crippen MR) is 74.7 cm³/mol. The van der Waals surface area contributed by atoms with Gasteiger partial charge in [-0.15, -0.1) is 0 Å². The second-order valence-electron chi connectivity index (χ2n) is 4.74. The molecule has 0 amide bonds. The molecule has 0 aromatic carbocycles. The van der Waals surface area contributed by atoms with Gasteiger partial charge in [-0.3, -0.25) is 0 Å². The molecule has 1 aromatic heterocycles. The average Bonchev–Trinajstić information content (AvgIpc) is 2.40. The van der Waals surface area contributed by atoms with Gasteiger partial charge in [0, 0.05) is 18.4 Å². The van der Waals surface area contributed by atoms with Crippen molar-refractivity contribution in [2.75, 3.05) is 23.3 Å². The Morgan fingerprint density at radius 2 is 2.33 bits per heavy atom. The molecule has 1 saturated heterocycles. The van der Waals surface area contributed by atoms with Crippen LogP contribution in [0.15, 0.2) is 6.33 Å². The Morgan fingerprint density at radius 1 is 1.50 bits per heavy atom. The Labute approximate surface area is 116 Å². The molecule has 1 unspecified atom stereocenters. The van der Waals surface area contributed by atoms with E-state index < -0.39 is 0 Å². The van der Waals surface area contributed by atoms with Crippen LogP contribution in [0.3, 0.4) is 0 Å². The Hall–Kier alpha value is -0.710. The number of piperidine rings is 1. The standard InChI is InChI=1S/C13H19BrFN3/c1-2-11-12(15)13(17-9-16-11)18-7-3-4-10(8-18)5-6-14/h9-10H,2-8H2,1H3. The van der Waals surface area contributed by atoms with Crippen molar-refractivity contribution < 1.29 is 4.39 Å². The molecule has 1 fully saturated rings.